The first-order chi connectivity index (χ1) is 8.54. The van der Waals surface area contributed by atoms with E-state index in [9.17, 15) is 4.79 Å². The van der Waals surface area contributed by atoms with E-state index >= 15 is 0 Å². The van der Waals surface area contributed by atoms with Crippen LogP contribution >= 0.6 is 11.3 Å². The summed E-state index contributed by atoms with van der Waals surface area (Å²) < 4.78 is 4.87. The fourth-order valence-electron chi connectivity index (χ4n) is 1.79. The maximum atomic E-state index is 11.5. The fraction of sp³-hybridized carbons (Fsp3) is 0.615. The molecule has 0 aliphatic heterocycles. The molecule has 0 aromatic carbocycles. The van der Waals surface area contributed by atoms with Crippen LogP contribution in [-0.2, 0) is 9.53 Å². The lowest BCUT2D eigenvalue weighted by Gasteiger charge is -2.13. The third-order valence-corrected chi connectivity index (χ3v) is 3.72. The van der Waals surface area contributed by atoms with Crippen molar-refractivity contribution in [1.29, 1.82) is 0 Å². The predicted molar refractivity (Wildman–Crippen MR) is 75.1 cm³/mol. The Balaban J connectivity index is 2.34. The van der Waals surface area contributed by atoms with Crippen LogP contribution in [0, 0.1) is 13.8 Å². The maximum Gasteiger partial charge on any atom is 0.234 e. The van der Waals surface area contributed by atoms with Crippen LogP contribution < -0.4 is 10.6 Å². The first kappa shape index (κ1) is 15.1. The zero-order valence-electron chi connectivity index (χ0n) is 11.5. The molecule has 1 rings (SSSR count). The van der Waals surface area contributed by atoms with E-state index in [1.54, 1.807) is 18.4 Å². The summed E-state index contributed by atoms with van der Waals surface area (Å²) in [7, 11) is 1.62. The number of carbonyl (C=O) groups excluding carboxylic acids is 1. The van der Waals surface area contributed by atoms with Gasteiger partial charge in [-0.2, -0.15) is 0 Å². The van der Waals surface area contributed by atoms with Crippen molar-refractivity contribution in [2.24, 2.45) is 0 Å². The summed E-state index contributed by atoms with van der Waals surface area (Å²) in [6, 6.07) is 2.38. The molecule has 1 atom stereocenters. The Labute approximate surface area is 113 Å². The molecule has 0 fully saturated rings. The Morgan fingerprint density at radius 3 is 2.78 bits per heavy atom. The number of amides is 1. The quantitative estimate of drug-likeness (QED) is 0.743. The zero-order chi connectivity index (χ0) is 13.5. The molecule has 18 heavy (non-hydrogen) atoms. The number of nitrogens with one attached hydrogen (secondary N) is 2. The molecule has 0 saturated heterocycles. The molecule has 0 spiro atoms. The van der Waals surface area contributed by atoms with Gasteiger partial charge < -0.3 is 15.4 Å². The van der Waals surface area contributed by atoms with Crippen molar-refractivity contribution in [1.82, 2.24) is 10.6 Å². The average molecular weight is 270 g/mol. The number of methoxy groups -OCH3 is 1. The first-order valence-corrected chi connectivity index (χ1v) is 6.92. The number of hydrogen-bond acceptors (Lipinski definition) is 4. The Morgan fingerprint density at radius 2 is 2.22 bits per heavy atom. The molecule has 2 N–H and O–H groups in total. The van der Waals surface area contributed by atoms with Gasteiger partial charge in [-0.3, -0.25) is 4.79 Å². The number of hydrogen-bond donors (Lipinski definition) is 2. The Morgan fingerprint density at radius 1 is 1.50 bits per heavy atom. The third-order valence-electron chi connectivity index (χ3n) is 2.74. The van der Waals surface area contributed by atoms with Gasteiger partial charge in [-0.05, 0) is 32.4 Å². The topological polar surface area (TPSA) is 50.4 Å². The van der Waals surface area contributed by atoms with Crippen molar-refractivity contribution in [2.75, 3.05) is 26.8 Å². The second-order valence-corrected chi connectivity index (χ2v) is 5.77. The number of thiophene rings is 1. The van der Waals surface area contributed by atoms with E-state index in [0.717, 1.165) is 0 Å². The van der Waals surface area contributed by atoms with Gasteiger partial charge in [0.2, 0.25) is 5.91 Å². The molecular weight excluding hydrogens is 248 g/mol. The van der Waals surface area contributed by atoms with Gasteiger partial charge in [0.15, 0.2) is 0 Å². The molecule has 4 nitrogen and oxygen atoms in total. The first-order valence-electron chi connectivity index (χ1n) is 6.10. The Kier molecular flexibility index (Phi) is 6.32. The van der Waals surface area contributed by atoms with Crippen molar-refractivity contribution in [3.8, 4) is 0 Å². The highest BCUT2D eigenvalue weighted by Crippen LogP contribution is 2.25. The van der Waals surface area contributed by atoms with Crippen molar-refractivity contribution < 1.29 is 9.53 Å². The van der Waals surface area contributed by atoms with Crippen LogP contribution in [0.25, 0.3) is 0 Å². The molecule has 1 aromatic rings. The lowest BCUT2D eigenvalue weighted by atomic mass is 10.1. The van der Waals surface area contributed by atoms with E-state index in [1.165, 1.54) is 15.3 Å². The van der Waals surface area contributed by atoms with Crippen LogP contribution in [0.5, 0.6) is 0 Å². The number of rotatable bonds is 7. The molecule has 1 aromatic heterocycles. The van der Waals surface area contributed by atoms with Gasteiger partial charge in [0.05, 0.1) is 13.2 Å². The van der Waals surface area contributed by atoms with Crippen LogP contribution in [-0.4, -0.2) is 32.7 Å². The molecule has 5 heteroatoms. The Bertz CT molecular complexity index is 390. The van der Waals surface area contributed by atoms with Crippen LogP contribution in [0.15, 0.2) is 6.07 Å². The summed E-state index contributed by atoms with van der Waals surface area (Å²) in [6.07, 6.45) is 0. The molecule has 0 radical (unpaired) electrons. The smallest absolute Gasteiger partial charge is 0.234 e. The third kappa shape index (κ3) is 4.76. The lowest BCUT2D eigenvalue weighted by molar-refractivity contribution is -0.120. The van der Waals surface area contributed by atoms with E-state index in [-0.39, 0.29) is 11.9 Å². The SMILES string of the molecule is COCCNC(=O)CNC(C)c1cc(C)sc1C. The van der Waals surface area contributed by atoms with E-state index in [2.05, 4.69) is 37.5 Å². The van der Waals surface area contributed by atoms with Gasteiger partial charge in [-0.1, -0.05) is 0 Å². The average Bonchev–Trinajstić information content (AvgIpc) is 2.66. The second kappa shape index (κ2) is 7.51. The summed E-state index contributed by atoms with van der Waals surface area (Å²) in [5, 5.41) is 6.02. The minimum absolute atomic E-state index is 0.00324. The van der Waals surface area contributed by atoms with Crippen LogP contribution in [0.1, 0.15) is 28.3 Å². The van der Waals surface area contributed by atoms with Gasteiger partial charge >= 0.3 is 0 Å². The fourth-order valence-corrected chi connectivity index (χ4v) is 2.81. The highest BCUT2D eigenvalue weighted by molar-refractivity contribution is 7.12. The number of carbonyl (C=O) groups is 1. The minimum atomic E-state index is 0.00324. The number of ether oxygens (including phenoxy) is 1. The van der Waals surface area contributed by atoms with E-state index in [0.29, 0.717) is 19.7 Å². The second-order valence-electron chi connectivity index (χ2n) is 4.31. The van der Waals surface area contributed by atoms with Crippen molar-refractivity contribution in [3.05, 3.63) is 21.4 Å². The monoisotopic (exact) mass is 270 g/mol. The highest BCUT2D eigenvalue weighted by atomic mass is 32.1. The summed E-state index contributed by atoms with van der Waals surface area (Å²) in [6.45, 7) is 7.73. The highest BCUT2D eigenvalue weighted by Gasteiger charge is 2.11. The molecule has 0 aliphatic rings. The van der Waals surface area contributed by atoms with Gasteiger partial charge in [0.25, 0.3) is 0 Å². The van der Waals surface area contributed by atoms with Gasteiger partial charge in [-0.15, -0.1) is 11.3 Å². The van der Waals surface area contributed by atoms with Crippen LogP contribution in [0.3, 0.4) is 0 Å². The number of aryl methyl sites for hydroxylation is 2. The summed E-state index contributed by atoms with van der Waals surface area (Å²) >= 11 is 1.79. The molecule has 0 aliphatic carbocycles. The molecule has 102 valence electrons. The standard InChI is InChI=1S/C13H22N2O2S/c1-9-7-12(11(3)18-9)10(2)15-8-13(16)14-5-6-17-4/h7,10,15H,5-6,8H2,1-4H3,(H,14,16). The summed E-state index contributed by atoms with van der Waals surface area (Å²) in [5.41, 5.74) is 1.28. The zero-order valence-corrected chi connectivity index (χ0v) is 12.3. The summed E-state index contributed by atoms with van der Waals surface area (Å²) in [4.78, 5) is 14.1. The van der Waals surface area contributed by atoms with E-state index in [1.807, 2.05) is 0 Å². The maximum absolute atomic E-state index is 11.5. The van der Waals surface area contributed by atoms with E-state index < -0.39 is 0 Å². The Hall–Kier alpha value is -0.910. The lowest BCUT2D eigenvalue weighted by Crippen LogP contribution is -2.36. The van der Waals surface area contributed by atoms with Crippen molar-refractivity contribution in [3.63, 3.8) is 0 Å². The largest absolute Gasteiger partial charge is 0.383 e. The van der Waals surface area contributed by atoms with Gasteiger partial charge in [-0.25, -0.2) is 0 Å². The molecule has 0 bridgehead atoms. The van der Waals surface area contributed by atoms with Crippen molar-refractivity contribution >= 4 is 17.2 Å². The molecule has 1 heterocycles. The normalized spacial score (nSPS) is 12.4. The molecular formula is C13H22N2O2S. The van der Waals surface area contributed by atoms with Crippen LogP contribution in [0.2, 0.25) is 0 Å². The van der Waals surface area contributed by atoms with Gasteiger partial charge in [0, 0.05) is 29.5 Å². The molecule has 1 amide bonds. The summed E-state index contributed by atoms with van der Waals surface area (Å²) in [5.74, 6) is 0.00324. The van der Waals surface area contributed by atoms with Gasteiger partial charge in [0.1, 0.15) is 0 Å². The van der Waals surface area contributed by atoms with Crippen LogP contribution in [0.4, 0.5) is 0 Å². The molecule has 0 saturated carbocycles. The van der Waals surface area contributed by atoms with Crippen molar-refractivity contribution in [2.45, 2.75) is 26.8 Å². The molecule has 1 unspecified atom stereocenters. The minimum Gasteiger partial charge on any atom is -0.383 e. The van der Waals surface area contributed by atoms with E-state index in [4.69, 9.17) is 4.74 Å². The predicted octanol–water partition coefficient (Wildman–Crippen LogP) is 1.78.